The van der Waals surface area contributed by atoms with E-state index in [0.717, 1.165) is 18.7 Å². The Hall–Kier alpha value is -3.42. The van der Waals surface area contributed by atoms with Crippen molar-refractivity contribution in [3.8, 4) is 16.9 Å². The molecule has 3 N–H and O–H groups in total. The number of hydrogen-bond acceptors (Lipinski definition) is 7. The van der Waals surface area contributed by atoms with E-state index >= 15 is 0 Å². The molecule has 2 aliphatic carbocycles. The van der Waals surface area contributed by atoms with Crippen molar-refractivity contribution >= 4 is 5.69 Å². The zero-order valence-electron chi connectivity index (χ0n) is 24.1. The first kappa shape index (κ1) is 26.8. The van der Waals surface area contributed by atoms with Crippen LogP contribution in [0.3, 0.4) is 0 Å². The summed E-state index contributed by atoms with van der Waals surface area (Å²) in [7, 11) is 2.02. The Balaban J connectivity index is 1.17. The number of hydrogen-bond donors (Lipinski definition) is 3. The maximum atomic E-state index is 9.05. The fourth-order valence-corrected chi connectivity index (χ4v) is 6.86. The molecule has 1 saturated carbocycles. The van der Waals surface area contributed by atoms with Gasteiger partial charge in [0.2, 0.25) is 0 Å². The van der Waals surface area contributed by atoms with Crippen molar-refractivity contribution in [2.75, 3.05) is 25.6 Å². The normalized spacial score (nSPS) is 20.5. The molecule has 1 spiro atoms. The number of aliphatic hydroxyl groups excluding tert-OH is 1. The van der Waals surface area contributed by atoms with Crippen LogP contribution in [-0.4, -0.2) is 36.5 Å². The molecule has 6 rings (SSSR count). The largest absolute Gasteiger partial charge is 0.493 e. The molecule has 3 aliphatic rings. The number of aliphatic hydroxyl groups is 1. The van der Waals surface area contributed by atoms with Crippen molar-refractivity contribution in [3.63, 3.8) is 0 Å². The van der Waals surface area contributed by atoms with Crippen molar-refractivity contribution in [3.05, 3.63) is 81.9 Å². The number of ether oxygens (including phenoxy) is 1. The lowest BCUT2D eigenvalue weighted by Gasteiger charge is -2.24. The van der Waals surface area contributed by atoms with Crippen molar-refractivity contribution in [1.29, 1.82) is 0 Å². The van der Waals surface area contributed by atoms with Gasteiger partial charge in [-0.05, 0) is 127 Å². The first-order valence-corrected chi connectivity index (χ1v) is 14.6. The highest BCUT2D eigenvalue weighted by Crippen LogP contribution is 2.64. The number of nitrogens with zero attached hydrogens (tertiary/aromatic N) is 3. The van der Waals surface area contributed by atoms with E-state index in [1.54, 1.807) is 0 Å². The Morgan fingerprint density at radius 3 is 2.60 bits per heavy atom. The molecule has 1 fully saturated rings. The maximum Gasteiger partial charge on any atom is 0.144 e. The number of anilines is 1. The number of fused-ring (bicyclic) bond motifs is 1. The molecule has 2 atom stereocenters. The minimum Gasteiger partial charge on any atom is -0.493 e. The molecule has 0 aromatic heterocycles. The van der Waals surface area contributed by atoms with Crippen LogP contribution in [-0.2, 0) is 13.0 Å². The fraction of sp³-hybridized carbons (Fsp3) is 0.455. The van der Waals surface area contributed by atoms with Gasteiger partial charge in [0, 0.05) is 32.3 Å². The second kappa shape index (κ2) is 10.9. The minimum atomic E-state index is 0.115. The fourth-order valence-electron chi connectivity index (χ4n) is 6.86. The van der Waals surface area contributed by atoms with Crippen LogP contribution in [0.4, 0.5) is 5.69 Å². The highest BCUT2D eigenvalue weighted by molar-refractivity contribution is 5.75. The van der Waals surface area contributed by atoms with Crippen molar-refractivity contribution < 1.29 is 9.84 Å². The lowest BCUT2D eigenvalue weighted by atomic mass is 9.86. The zero-order chi connectivity index (χ0) is 27.9. The number of aryl methyl sites for hydroxylation is 2. The summed E-state index contributed by atoms with van der Waals surface area (Å²) < 4.78 is 5.85. The Morgan fingerprint density at radius 2 is 1.90 bits per heavy atom. The van der Waals surface area contributed by atoms with E-state index in [1.807, 2.05) is 12.1 Å². The lowest BCUT2D eigenvalue weighted by molar-refractivity contribution is 0.191. The summed E-state index contributed by atoms with van der Waals surface area (Å²) in [6.07, 6.45) is 5.59. The summed E-state index contributed by atoms with van der Waals surface area (Å²) in [5, 5.41) is 23.2. The quantitative estimate of drug-likeness (QED) is 0.253. The second-order valence-corrected chi connectivity index (χ2v) is 11.9. The summed E-state index contributed by atoms with van der Waals surface area (Å²) in [5.74, 6) is 1.42. The monoisotopic (exact) mass is 539 g/mol. The molecule has 2 unspecified atom stereocenters. The van der Waals surface area contributed by atoms with Gasteiger partial charge in [-0.15, -0.1) is 5.11 Å². The standard InChI is InChI=1S/C33H41N5O2/c1-21-15-27(40-14-6-13-39)16-22(2)32(21)28-8-5-7-24(23(28)3)20-34-26-9-10-29-25(17-26)19-33(11-12-33)30(29)18-31-35-36-37-38(31)4/h5,7-10,15-17,30-31,34,39H,6,11-14,18-20H2,1-4H3,(H,35,37). The molecule has 40 heavy (non-hydrogen) atoms. The van der Waals surface area contributed by atoms with Crippen molar-refractivity contribution in [2.45, 2.75) is 71.5 Å². The summed E-state index contributed by atoms with van der Waals surface area (Å²) in [4.78, 5) is 0. The molecule has 1 heterocycles. The average Bonchev–Trinajstić information content (AvgIpc) is 3.49. The Bertz CT molecular complexity index is 1410. The number of hydrazine groups is 1. The van der Waals surface area contributed by atoms with E-state index in [9.17, 15) is 0 Å². The molecule has 0 radical (unpaired) electrons. The van der Waals surface area contributed by atoms with Crippen molar-refractivity contribution in [2.24, 2.45) is 15.8 Å². The second-order valence-electron chi connectivity index (χ2n) is 11.9. The van der Waals surface area contributed by atoms with Gasteiger partial charge in [-0.3, -0.25) is 0 Å². The molecule has 210 valence electrons. The van der Waals surface area contributed by atoms with E-state index in [-0.39, 0.29) is 12.8 Å². The molecule has 7 heteroatoms. The third-order valence-corrected chi connectivity index (χ3v) is 9.26. The van der Waals surface area contributed by atoms with Gasteiger partial charge in [0.05, 0.1) is 6.61 Å². The number of nitrogens with one attached hydrogen (secondary N) is 2. The predicted octanol–water partition coefficient (Wildman–Crippen LogP) is 6.61. The van der Waals surface area contributed by atoms with E-state index in [2.05, 4.69) is 90.5 Å². The van der Waals surface area contributed by atoms with Crippen molar-refractivity contribution in [1.82, 2.24) is 10.5 Å². The SMILES string of the molecule is Cc1cc(OCCCO)cc(C)c1-c1cccc(CNc2ccc3c(c2)CC2(CC2)C3CC2N=NNN2C)c1C. The van der Waals surface area contributed by atoms with Gasteiger partial charge in [-0.1, -0.05) is 29.5 Å². The van der Waals surface area contributed by atoms with Gasteiger partial charge in [-0.25, -0.2) is 5.53 Å². The number of benzene rings is 3. The van der Waals surface area contributed by atoms with Crippen LogP contribution in [0.15, 0.2) is 58.9 Å². The topological polar surface area (TPSA) is 81.5 Å². The van der Waals surface area contributed by atoms with Gasteiger partial charge in [0.15, 0.2) is 0 Å². The van der Waals surface area contributed by atoms with E-state index in [0.29, 0.717) is 24.4 Å². The van der Waals surface area contributed by atoms with Gasteiger partial charge in [0.25, 0.3) is 0 Å². The van der Waals surface area contributed by atoms with Gasteiger partial charge in [-0.2, -0.15) is 5.01 Å². The Labute approximate surface area is 237 Å². The maximum absolute atomic E-state index is 9.05. The highest BCUT2D eigenvalue weighted by Gasteiger charge is 2.55. The first-order valence-electron chi connectivity index (χ1n) is 14.6. The molecular formula is C33H41N5O2. The summed E-state index contributed by atoms with van der Waals surface area (Å²) in [6, 6.07) is 17.8. The Morgan fingerprint density at radius 1 is 1.10 bits per heavy atom. The Kier molecular flexibility index (Phi) is 7.27. The van der Waals surface area contributed by atoms with Crippen LogP contribution in [0, 0.1) is 26.2 Å². The number of rotatable bonds is 10. The van der Waals surface area contributed by atoms with E-state index in [1.165, 1.54) is 69.5 Å². The summed E-state index contributed by atoms with van der Waals surface area (Å²) in [6.45, 7) is 7.99. The van der Waals surface area contributed by atoms with Crippen LogP contribution in [0.2, 0.25) is 0 Å². The summed E-state index contributed by atoms with van der Waals surface area (Å²) >= 11 is 0. The molecule has 3 aromatic rings. The smallest absolute Gasteiger partial charge is 0.144 e. The molecular weight excluding hydrogens is 498 g/mol. The zero-order valence-corrected chi connectivity index (χ0v) is 24.1. The van der Waals surface area contributed by atoms with Gasteiger partial charge >= 0.3 is 0 Å². The lowest BCUT2D eigenvalue weighted by Crippen LogP contribution is -2.34. The van der Waals surface area contributed by atoms with Crippen LogP contribution >= 0.6 is 0 Å². The van der Waals surface area contributed by atoms with Gasteiger partial charge < -0.3 is 15.2 Å². The molecule has 0 amide bonds. The van der Waals surface area contributed by atoms with Crippen LogP contribution in [0.1, 0.15) is 65.0 Å². The third-order valence-electron chi connectivity index (χ3n) is 9.26. The van der Waals surface area contributed by atoms with Gasteiger partial charge in [0.1, 0.15) is 11.9 Å². The minimum absolute atomic E-state index is 0.115. The van der Waals surface area contributed by atoms with Crippen LogP contribution in [0.25, 0.3) is 11.1 Å². The average molecular weight is 540 g/mol. The molecule has 0 saturated heterocycles. The first-order chi connectivity index (χ1) is 19.4. The van der Waals surface area contributed by atoms with Crippen LogP contribution < -0.4 is 15.6 Å². The highest BCUT2D eigenvalue weighted by atomic mass is 16.5. The van der Waals surface area contributed by atoms with Crippen LogP contribution in [0.5, 0.6) is 5.75 Å². The molecule has 0 bridgehead atoms. The van der Waals surface area contributed by atoms with E-state index in [4.69, 9.17) is 9.84 Å². The molecule has 7 nitrogen and oxygen atoms in total. The predicted molar refractivity (Wildman–Crippen MR) is 159 cm³/mol. The van der Waals surface area contributed by atoms with E-state index < -0.39 is 0 Å². The molecule has 3 aromatic carbocycles. The summed E-state index contributed by atoms with van der Waals surface area (Å²) in [5.41, 5.74) is 15.1. The molecule has 1 aliphatic heterocycles. The third kappa shape index (κ3) is 5.08.